The van der Waals surface area contributed by atoms with Crippen LogP contribution in [-0.2, 0) is 11.2 Å². The van der Waals surface area contributed by atoms with Crippen molar-refractivity contribution in [1.29, 1.82) is 0 Å². The second kappa shape index (κ2) is 5.65. The molecule has 0 aliphatic rings. The zero-order valence-corrected chi connectivity index (χ0v) is 12.6. The van der Waals surface area contributed by atoms with Crippen LogP contribution in [0.25, 0.3) is 11.1 Å². The van der Waals surface area contributed by atoms with Crippen LogP contribution in [0, 0.1) is 6.92 Å². The van der Waals surface area contributed by atoms with Gasteiger partial charge in [0.1, 0.15) is 10.5 Å². The number of hydrogen-bond donors (Lipinski definition) is 0. The summed E-state index contributed by atoms with van der Waals surface area (Å²) in [7, 11) is 0. The second-order valence-corrected chi connectivity index (χ2v) is 5.55. The van der Waals surface area contributed by atoms with Gasteiger partial charge in [0.2, 0.25) is 5.89 Å². The summed E-state index contributed by atoms with van der Waals surface area (Å²) in [6.07, 6.45) is 0.470. The lowest BCUT2D eigenvalue weighted by Crippen LogP contribution is -2.05. The zero-order valence-electron chi connectivity index (χ0n) is 11.8. The maximum Gasteiger partial charge on any atom is 0.357 e. The van der Waals surface area contributed by atoms with E-state index in [9.17, 15) is 4.79 Å². The van der Waals surface area contributed by atoms with Gasteiger partial charge in [-0.2, -0.15) is 0 Å². The van der Waals surface area contributed by atoms with E-state index in [-0.39, 0.29) is 0 Å². The highest BCUT2D eigenvalue weighted by Gasteiger charge is 2.14. The molecule has 0 saturated carbocycles. The van der Waals surface area contributed by atoms with E-state index in [0.717, 1.165) is 21.7 Å². The molecule has 5 nitrogen and oxygen atoms in total. The Hall–Kier alpha value is -2.21. The molecule has 3 aromatic rings. The van der Waals surface area contributed by atoms with E-state index < -0.39 is 5.97 Å². The van der Waals surface area contributed by atoms with E-state index >= 15 is 0 Å². The topological polar surface area (TPSA) is 65.2 Å². The van der Waals surface area contributed by atoms with Crippen molar-refractivity contribution in [3.63, 3.8) is 0 Å². The van der Waals surface area contributed by atoms with Crippen LogP contribution in [0.2, 0.25) is 0 Å². The van der Waals surface area contributed by atoms with Crippen molar-refractivity contribution in [3.05, 3.63) is 45.7 Å². The molecule has 2 heterocycles. The first kappa shape index (κ1) is 13.8. The summed E-state index contributed by atoms with van der Waals surface area (Å²) < 4.78 is 10.6. The van der Waals surface area contributed by atoms with Gasteiger partial charge in [-0.1, -0.05) is 6.07 Å². The van der Waals surface area contributed by atoms with Crippen molar-refractivity contribution in [1.82, 2.24) is 9.97 Å². The Morgan fingerprint density at radius 1 is 1.38 bits per heavy atom. The maximum atomic E-state index is 11.6. The van der Waals surface area contributed by atoms with Crippen LogP contribution in [0.3, 0.4) is 0 Å². The third-order valence-corrected chi connectivity index (χ3v) is 3.77. The fourth-order valence-corrected chi connectivity index (χ4v) is 2.74. The van der Waals surface area contributed by atoms with Gasteiger partial charge >= 0.3 is 5.97 Å². The van der Waals surface area contributed by atoms with E-state index in [2.05, 4.69) is 9.97 Å². The number of aromatic nitrogens is 2. The molecule has 0 aliphatic heterocycles. The first-order valence-electron chi connectivity index (χ1n) is 6.63. The van der Waals surface area contributed by atoms with Crippen molar-refractivity contribution >= 4 is 28.4 Å². The van der Waals surface area contributed by atoms with Gasteiger partial charge in [-0.25, -0.2) is 14.8 Å². The first-order chi connectivity index (χ1) is 10.2. The molecule has 108 valence electrons. The van der Waals surface area contributed by atoms with Crippen LogP contribution in [0.15, 0.2) is 28.0 Å². The summed E-state index contributed by atoms with van der Waals surface area (Å²) in [4.78, 5) is 20.3. The Morgan fingerprint density at radius 2 is 2.24 bits per heavy atom. The number of nitrogens with zero attached hydrogens (tertiary/aromatic N) is 2. The third kappa shape index (κ3) is 2.95. The molecule has 0 unspecified atom stereocenters. The van der Waals surface area contributed by atoms with Gasteiger partial charge in [0.25, 0.3) is 0 Å². The molecule has 0 aliphatic carbocycles. The quantitative estimate of drug-likeness (QED) is 0.691. The van der Waals surface area contributed by atoms with Crippen LogP contribution >= 0.6 is 11.3 Å². The van der Waals surface area contributed by atoms with Crippen molar-refractivity contribution in [2.24, 2.45) is 0 Å². The molecule has 0 amide bonds. The van der Waals surface area contributed by atoms with Crippen LogP contribution in [0.4, 0.5) is 0 Å². The fraction of sp³-hybridized carbons (Fsp3) is 0.267. The number of carbonyl (C=O) groups excluding carboxylic acids is 1. The number of benzene rings is 1. The van der Waals surface area contributed by atoms with Crippen molar-refractivity contribution in [2.75, 3.05) is 6.61 Å². The molecule has 21 heavy (non-hydrogen) atoms. The van der Waals surface area contributed by atoms with Gasteiger partial charge in [-0.3, -0.25) is 0 Å². The highest BCUT2D eigenvalue weighted by Crippen LogP contribution is 2.20. The molecule has 0 atom stereocenters. The molecule has 0 saturated heterocycles. The average molecular weight is 302 g/mol. The maximum absolute atomic E-state index is 11.6. The molecule has 0 N–H and O–H groups in total. The number of fused-ring (bicyclic) bond motifs is 1. The molecule has 0 spiro atoms. The number of esters is 1. The third-order valence-electron chi connectivity index (χ3n) is 2.93. The van der Waals surface area contributed by atoms with Crippen molar-refractivity contribution in [2.45, 2.75) is 20.3 Å². The standard InChI is InChI=1S/C15H14N2O3S/c1-3-19-15(18)11-8-21-14(17-11)7-13-16-10-6-9(2)4-5-12(10)20-13/h4-6,8H,3,7H2,1-2H3. The van der Waals surface area contributed by atoms with E-state index in [1.165, 1.54) is 11.3 Å². The number of oxazole rings is 1. The number of aryl methyl sites for hydroxylation is 1. The van der Waals surface area contributed by atoms with Crippen LogP contribution in [0.1, 0.15) is 33.9 Å². The van der Waals surface area contributed by atoms with Gasteiger partial charge in [0.15, 0.2) is 11.3 Å². The first-order valence-corrected chi connectivity index (χ1v) is 7.51. The number of carbonyl (C=O) groups is 1. The minimum atomic E-state index is -0.395. The van der Waals surface area contributed by atoms with Crippen LogP contribution < -0.4 is 0 Å². The number of thiazole rings is 1. The Morgan fingerprint density at radius 3 is 3.05 bits per heavy atom. The predicted octanol–water partition coefficient (Wildman–Crippen LogP) is 3.36. The molecule has 2 aromatic heterocycles. The molecule has 0 radical (unpaired) electrons. The average Bonchev–Trinajstić information content (AvgIpc) is 3.05. The van der Waals surface area contributed by atoms with Gasteiger partial charge in [0, 0.05) is 5.38 Å². The molecular weight excluding hydrogens is 288 g/mol. The molecule has 0 bridgehead atoms. The Bertz CT molecular complexity index is 791. The smallest absolute Gasteiger partial charge is 0.357 e. The highest BCUT2D eigenvalue weighted by atomic mass is 32.1. The minimum Gasteiger partial charge on any atom is -0.461 e. The Labute approximate surface area is 125 Å². The summed E-state index contributed by atoms with van der Waals surface area (Å²) in [6.45, 7) is 4.13. The largest absolute Gasteiger partial charge is 0.461 e. The molecule has 1 aromatic carbocycles. The number of hydrogen-bond acceptors (Lipinski definition) is 6. The SMILES string of the molecule is CCOC(=O)c1csc(Cc2nc3cc(C)ccc3o2)n1. The zero-order chi connectivity index (χ0) is 14.8. The highest BCUT2D eigenvalue weighted by molar-refractivity contribution is 7.09. The normalized spacial score (nSPS) is 11.0. The number of rotatable bonds is 4. The lowest BCUT2D eigenvalue weighted by atomic mass is 10.2. The summed E-state index contributed by atoms with van der Waals surface area (Å²) in [6, 6.07) is 5.88. The molecule has 0 fully saturated rings. The van der Waals surface area contributed by atoms with Crippen LogP contribution in [0.5, 0.6) is 0 Å². The van der Waals surface area contributed by atoms with E-state index in [1.54, 1.807) is 12.3 Å². The molecule has 6 heteroatoms. The summed E-state index contributed by atoms with van der Waals surface area (Å²) in [5, 5.41) is 2.47. The summed E-state index contributed by atoms with van der Waals surface area (Å²) >= 11 is 1.40. The molecule has 3 rings (SSSR count). The minimum absolute atomic E-state index is 0.337. The molecular formula is C15H14N2O3S. The lowest BCUT2D eigenvalue weighted by Gasteiger charge is -1.95. The van der Waals surface area contributed by atoms with Gasteiger partial charge in [-0.15, -0.1) is 11.3 Å². The van der Waals surface area contributed by atoms with Gasteiger partial charge < -0.3 is 9.15 Å². The summed E-state index contributed by atoms with van der Waals surface area (Å²) in [5.74, 6) is 0.202. The Balaban J connectivity index is 1.80. The van der Waals surface area contributed by atoms with Crippen molar-refractivity contribution in [3.8, 4) is 0 Å². The van der Waals surface area contributed by atoms with E-state index in [1.807, 2.05) is 25.1 Å². The van der Waals surface area contributed by atoms with E-state index in [0.29, 0.717) is 24.6 Å². The number of ether oxygens (including phenoxy) is 1. The summed E-state index contributed by atoms with van der Waals surface area (Å²) in [5.41, 5.74) is 3.08. The van der Waals surface area contributed by atoms with Gasteiger partial charge in [0.05, 0.1) is 13.0 Å². The predicted molar refractivity (Wildman–Crippen MR) is 79.6 cm³/mol. The fourth-order valence-electron chi connectivity index (χ4n) is 1.98. The van der Waals surface area contributed by atoms with Gasteiger partial charge in [-0.05, 0) is 31.5 Å². The monoisotopic (exact) mass is 302 g/mol. The Kier molecular flexibility index (Phi) is 3.70. The van der Waals surface area contributed by atoms with Crippen molar-refractivity contribution < 1.29 is 13.9 Å². The second-order valence-electron chi connectivity index (χ2n) is 4.60. The van der Waals surface area contributed by atoms with Crippen LogP contribution in [-0.4, -0.2) is 22.5 Å². The lowest BCUT2D eigenvalue weighted by molar-refractivity contribution is 0.0520. The van der Waals surface area contributed by atoms with E-state index in [4.69, 9.17) is 9.15 Å².